The van der Waals surface area contributed by atoms with Gasteiger partial charge in [-0.05, 0) is 20.3 Å². The summed E-state index contributed by atoms with van der Waals surface area (Å²) in [4.78, 5) is 12.5. The second-order valence-corrected chi connectivity index (χ2v) is 3.47. The van der Waals surface area contributed by atoms with Crippen LogP contribution in [0.25, 0.3) is 0 Å². The Kier molecular flexibility index (Phi) is 2.69. The molecule has 1 aliphatic heterocycles. The molecule has 1 aliphatic rings. The van der Waals surface area contributed by atoms with E-state index in [0.717, 1.165) is 0 Å². The van der Waals surface area contributed by atoms with Crippen LogP contribution < -0.4 is 0 Å². The second kappa shape index (κ2) is 3.41. The summed E-state index contributed by atoms with van der Waals surface area (Å²) in [7, 11) is 0. The number of carboxylic acids is 1. The zero-order valence-corrected chi connectivity index (χ0v) is 7.40. The van der Waals surface area contributed by atoms with Crippen molar-refractivity contribution in [2.75, 3.05) is 6.54 Å². The zero-order valence-electron chi connectivity index (χ0n) is 7.40. The predicted molar refractivity (Wildman–Crippen MR) is 43.9 cm³/mol. The molecule has 0 aromatic carbocycles. The number of likely N-dealkylation sites (tertiary alicyclic amines) is 1. The summed E-state index contributed by atoms with van der Waals surface area (Å²) in [5.74, 6) is -0.922. The van der Waals surface area contributed by atoms with Gasteiger partial charge in [-0.15, -0.1) is 0 Å². The minimum absolute atomic E-state index is 0.184. The van der Waals surface area contributed by atoms with E-state index < -0.39 is 18.1 Å². The molecule has 0 radical (unpaired) electrons. The standard InChI is InChI=1S/C8H15NO3/c1-5(2)9-4-3-6(10)7(9)8(11)12/h5-7,10H,3-4H2,1-2H3,(H,11,12). The van der Waals surface area contributed by atoms with Crippen LogP contribution in [0.3, 0.4) is 0 Å². The fourth-order valence-corrected chi connectivity index (χ4v) is 1.69. The van der Waals surface area contributed by atoms with Gasteiger partial charge in [-0.3, -0.25) is 9.69 Å². The number of rotatable bonds is 2. The summed E-state index contributed by atoms with van der Waals surface area (Å²) in [6.07, 6.45) is -0.139. The van der Waals surface area contributed by atoms with Crippen molar-refractivity contribution in [1.82, 2.24) is 4.90 Å². The molecule has 0 spiro atoms. The molecule has 4 heteroatoms. The fraction of sp³-hybridized carbons (Fsp3) is 0.875. The average Bonchev–Trinajstić information content (AvgIpc) is 2.30. The molecule has 2 atom stereocenters. The third-order valence-corrected chi connectivity index (χ3v) is 2.32. The van der Waals surface area contributed by atoms with Crippen molar-refractivity contribution < 1.29 is 15.0 Å². The lowest BCUT2D eigenvalue weighted by Gasteiger charge is -2.25. The Morgan fingerprint density at radius 2 is 2.17 bits per heavy atom. The van der Waals surface area contributed by atoms with Crippen LogP contribution in [-0.4, -0.2) is 45.8 Å². The Bertz CT molecular complexity index is 181. The van der Waals surface area contributed by atoms with Crippen LogP contribution in [-0.2, 0) is 4.79 Å². The molecule has 0 amide bonds. The number of aliphatic hydroxyl groups is 1. The van der Waals surface area contributed by atoms with E-state index in [1.54, 1.807) is 0 Å². The third kappa shape index (κ3) is 1.59. The minimum atomic E-state index is -0.922. The Labute approximate surface area is 71.8 Å². The van der Waals surface area contributed by atoms with Crippen LogP contribution in [0, 0.1) is 0 Å². The lowest BCUT2D eigenvalue weighted by molar-refractivity contribution is -0.145. The molecular formula is C8H15NO3. The van der Waals surface area contributed by atoms with Gasteiger partial charge in [-0.25, -0.2) is 0 Å². The molecule has 2 N–H and O–H groups in total. The molecule has 0 saturated carbocycles. The van der Waals surface area contributed by atoms with Crippen LogP contribution >= 0.6 is 0 Å². The van der Waals surface area contributed by atoms with Crippen molar-refractivity contribution in [1.29, 1.82) is 0 Å². The summed E-state index contributed by atoms with van der Waals surface area (Å²) < 4.78 is 0. The van der Waals surface area contributed by atoms with Gasteiger partial charge in [-0.2, -0.15) is 0 Å². The number of aliphatic carboxylic acids is 1. The lowest BCUT2D eigenvalue weighted by atomic mass is 10.1. The summed E-state index contributed by atoms with van der Waals surface area (Å²) in [6.45, 7) is 4.55. The van der Waals surface area contributed by atoms with E-state index in [1.165, 1.54) is 0 Å². The molecule has 1 heterocycles. The van der Waals surface area contributed by atoms with E-state index in [2.05, 4.69) is 0 Å². The maximum atomic E-state index is 10.7. The van der Waals surface area contributed by atoms with Gasteiger partial charge >= 0.3 is 5.97 Å². The molecule has 2 unspecified atom stereocenters. The highest BCUT2D eigenvalue weighted by molar-refractivity contribution is 5.74. The van der Waals surface area contributed by atoms with Crippen molar-refractivity contribution in [3.05, 3.63) is 0 Å². The summed E-state index contributed by atoms with van der Waals surface area (Å²) in [5.41, 5.74) is 0. The number of hydrogen-bond acceptors (Lipinski definition) is 3. The summed E-state index contributed by atoms with van der Waals surface area (Å²) >= 11 is 0. The number of hydrogen-bond donors (Lipinski definition) is 2. The highest BCUT2D eigenvalue weighted by atomic mass is 16.4. The van der Waals surface area contributed by atoms with E-state index in [1.807, 2.05) is 18.7 Å². The van der Waals surface area contributed by atoms with Crippen LogP contribution in [0.15, 0.2) is 0 Å². The Morgan fingerprint density at radius 3 is 2.50 bits per heavy atom. The number of carboxylic acid groups (broad SMARTS) is 1. The maximum Gasteiger partial charge on any atom is 0.323 e. The number of aliphatic hydroxyl groups excluding tert-OH is 1. The molecule has 0 aromatic heterocycles. The van der Waals surface area contributed by atoms with E-state index in [9.17, 15) is 9.90 Å². The van der Waals surface area contributed by atoms with Gasteiger partial charge < -0.3 is 10.2 Å². The molecule has 0 aromatic rings. The predicted octanol–water partition coefficient (Wildman–Crippen LogP) is -0.0854. The Hall–Kier alpha value is -0.610. The van der Waals surface area contributed by atoms with Crippen molar-refractivity contribution in [2.24, 2.45) is 0 Å². The SMILES string of the molecule is CC(C)N1CCC(O)C1C(=O)O. The first kappa shape index (κ1) is 9.48. The minimum Gasteiger partial charge on any atom is -0.480 e. The normalized spacial score (nSPS) is 31.3. The van der Waals surface area contributed by atoms with Crippen molar-refractivity contribution in [3.8, 4) is 0 Å². The van der Waals surface area contributed by atoms with E-state index in [4.69, 9.17) is 5.11 Å². The quantitative estimate of drug-likeness (QED) is 0.613. The molecule has 1 saturated heterocycles. The molecular weight excluding hydrogens is 158 g/mol. The lowest BCUT2D eigenvalue weighted by Crippen LogP contribution is -2.45. The van der Waals surface area contributed by atoms with Crippen molar-refractivity contribution in [2.45, 2.75) is 38.5 Å². The molecule has 1 rings (SSSR count). The zero-order chi connectivity index (χ0) is 9.30. The average molecular weight is 173 g/mol. The summed E-state index contributed by atoms with van der Waals surface area (Å²) in [5, 5.41) is 18.2. The topological polar surface area (TPSA) is 60.8 Å². The van der Waals surface area contributed by atoms with E-state index >= 15 is 0 Å². The van der Waals surface area contributed by atoms with E-state index in [0.29, 0.717) is 13.0 Å². The van der Waals surface area contributed by atoms with Gasteiger partial charge in [0.2, 0.25) is 0 Å². The molecule has 12 heavy (non-hydrogen) atoms. The molecule has 0 aliphatic carbocycles. The van der Waals surface area contributed by atoms with Gasteiger partial charge in [0.15, 0.2) is 0 Å². The van der Waals surface area contributed by atoms with Crippen LogP contribution in [0.2, 0.25) is 0 Å². The van der Waals surface area contributed by atoms with E-state index in [-0.39, 0.29) is 6.04 Å². The molecule has 1 fully saturated rings. The van der Waals surface area contributed by atoms with Crippen LogP contribution in [0.4, 0.5) is 0 Å². The van der Waals surface area contributed by atoms with Crippen molar-refractivity contribution >= 4 is 5.97 Å². The highest BCUT2D eigenvalue weighted by Crippen LogP contribution is 2.20. The second-order valence-electron chi connectivity index (χ2n) is 3.47. The van der Waals surface area contributed by atoms with Gasteiger partial charge in [-0.1, -0.05) is 0 Å². The first-order valence-electron chi connectivity index (χ1n) is 4.20. The molecule has 0 bridgehead atoms. The largest absolute Gasteiger partial charge is 0.480 e. The summed E-state index contributed by atoms with van der Waals surface area (Å²) in [6, 6.07) is -0.520. The number of carbonyl (C=O) groups is 1. The van der Waals surface area contributed by atoms with Crippen LogP contribution in [0.1, 0.15) is 20.3 Å². The Balaban J connectivity index is 2.70. The molecule has 70 valence electrons. The van der Waals surface area contributed by atoms with Gasteiger partial charge in [0.05, 0.1) is 6.10 Å². The van der Waals surface area contributed by atoms with Gasteiger partial charge in [0.1, 0.15) is 6.04 Å². The molecule has 4 nitrogen and oxygen atoms in total. The third-order valence-electron chi connectivity index (χ3n) is 2.32. The monoisotopic (exact) mass is 173 g/mol. The number of nitrogens with zero attached hydrogens (tertiary/aromatic N) is 1. The van der Waals surface area contributed by atoms with Gasteiger partial charge in [0.25, 0.3) is 0 Å². The first-order valence-corrected chi connectivity index (χ1v) is 4.20. The Morgan fingerprint density at radius 1 is 1.58 bits per heavy atom. The smallest absolute Gasteiger partial charge is 0.323 e. The maximum absolute atomic E-state index is 10.7. The van der Waals surface area contributed by atoms with Crippen molar-refractivity contribution in [3.63, 3.8) is 0 Å². The van der Waals surface area contributed by atoms with Crippen LogP contribution in [0.5, 0.6) is 0 Å². The highest BCUT2D eigenvalue weighted by Gasteiger charge is 2.39. The fourth-order valence-electron chi connectivity index (χ4n) is 1.69. The first-order chi connectivity index (χ1) is 5.54. The van der Waals surface area contributed by atoms with Gasteiger partial charge in [0, 0.05) is 12.6 Å².